The van der Waals surface area contributed by atoms with Crippen LogP contribution in [0.15, 0.2) is 6.20 Å². The van der Waals surface area contributed by atoms with Gasteiger partial charge in [-0.1, -0.05) is 6.92 Å². The minimum absolute atomic E-state index is 0.170. The predicted octanol–water partition coefficient (Wildman–Crippen LogP) is 2.52. The first-order valence-corrected chi connectivity index (χ1v) is 9.33. The molecule has 21 heavy (non-hydrogen) atoms. The number of nitrogens with one attached hydrogen (secondary N) is 1. The molecule has 0 bridgehead atoms. The van der Waals surface area contributed by atoms with Crippen molar-refractivity contribution in [2.45, 2.75) is 57.2 Å². The summed E-state index contributed by atoms with van der Waals surface area (Å²) < 4.78 is 8.10. The molecule has 1 spiro atoms. The average molecular weight is 309 g/mol. The van der Waals surface area contributed by atoms with Crippen molar-refractivity contribution >= 4 is 11.8 Å². The van der Waals surface area contributed by atoms with Crippen molar-refractivity contribution in [2.24, 2.45) is 7.05 Å². The molecule has 0 saturated carbocycles. The summed E-state index contributed by atoms with van der Waals surface area (Å²) in [6, 6.07) is 0.590. The van der Waals surface area contributed by atoms with E-state index >= 15 is 0 Å². The van der Waals surface area contributed by atoms with Crippen molar-refractivity contribution in [1.29, 1.82) is 0 Å². The van der Waals surface area contributed by atoms with Gasteiger partial charge < -0.3 is 10.1 Å². The van der Waals surface area contributed by atoms with Crippen LogP contribution in [0.1, 0.15) is 43.9 Å². The van der Waals surface area contributed by atoms with Gasteiger partial charge in [0.2, 0.25) is 0 Å². The van der Waals surface area contributed by atoms with Gasteiger partial charge >= 0.3 is 0 Å². The first kappa shape index (κ1) is 15.4. The number of aromatic nitrogens is 2. The normalized spacial score (nSPS) is 25.3. The third-order valence-electron chi connectivity index (χ3n) is 4.80. The Morgan fingerprint density at radius 1 is 1.48 bits per heavy atom. The molecule has 0 amide bonds. The van der Waals surface area contributed by atoms with E-state index in [-0.39, 0.29) is 5.60 Å². The van der Waals surface area contributed by atoms with E-state index < -0.39 is 0 Å². The minimum Gasteiger partial charge on any atom is -0.375 e. The minimum atomic E-state index is 0.170. The van der Waals surface area contributed by atoms with Crippen LogP contribution in [0.4, 0.5) is 0 Å². The highest BCUT2D eigenvalue weighted by atomic mass is 32.2. The molecule has 5 heteroatoms. The number of hydrogen-bond acceptors (Lipinski definition) is 4. The number of rotatable bonds is 4. The Hall–Kier alpha value is -0.520. The molecule has 3 rings (SSSR count). The van der Waals surface area contributed by atoms with E-state index in [2.05, 4.69) is 35.3 Å². The topological polar surface area (TPSA) is 39.1 Å². The van der Waals surface area contributed by atoms with Crippen LogP contribution in [0.3, 0.4) is 0 Å². The van der Waals surface area contributed by atoms with Crippen molar-refractivity contribution in [1.82, 2.24) is 15.1 Å². The fourth-order valence-corrected chi connectivity index (χ4v) is 4.81. The maximum Gasteiger partial charge on any atom is 0.0713 e. The van der Waals surface area contributed by atoms with Gasteiger partial charge in [-0.2, -0.15) is 16.9 Å². The maximum absolute atomic E-state index is 6.17. The standard InChI is InChI=1S/C16H27N3OS/c1-3-15-13(12-19(2)18-15)11-17-14-4-7-20-16(10-14)5-8-21-9-6-16/h12,14,17H,3-11H2,1-2H3. The molecule has 1 N–H and O–H groups in total. The smallest absolute Gasteiger partial charge is 0.0713 e. The van der Waals surface area contributed by atoms with Gasteiger partial charge in [0, 0.05) is 38.0 Å². The lowest BCUT2D eigenvalue weighted by molar-refractivity contribution is -0.0933. The zero-order valence-electron chi connectivity index (χ0n) is 13.2. The van der Waals surface area contributed by atoms with Crippen LogP contribution in [0.5, 0.6) is 0 Å². The lowest BCUT2D eigenvalue weighted by atomic mass is 9.85. The number of thioether (sulfide) groups is 1. The number of nitrogens with zero attached hydrogens (tertiary/aromatic N) is 2. The van der Waals surface area contributed by atoms with Crippen LogP contribution in [0.2, 0.25) is 0 Å². The highest BCUT2D eigenvalue weighted by molar-refractivity contribution is 7.99. The quantitative estimate of drug-likeness (QED) is 0.927. The third kappa shape index (κ3) is 3.63. The maximum atomic E-state index is 6.17. The Balaban J connectivity index is 1.57. The van der Waals surface area contributed by atoms with E-state index in [0.717, 1.165) is 26.0 Å². The second-order valence-electron chi connectivity index (χ2n) is 6.34. The second-order valence-corrected chi connectivity index (χ2v) is 7.57. The number of hydrogen-bond donors (Lipinski definition) is 1. The van der Waals surface area contributed by atoms with Crippen molar-refractivity contribution in [3.05, 3.63) is 17.5 Å². The van der Waals surface area contributed by atoms with Gasteiger partial charge in [-0.15, -0.1) is 0 Å². The van der Waals surface area contributed by atoms with Crippen LogP contribution in [-0.4, -0.2) is 39.5 Å². The van der Waals surface area contributed by atoms with Crippen molar-refractivity contribution < 1.29 is 4.74 Å². The summed E-state index contributed by atoms with van der Waals surface area (Å²) in [5.74, 6) is 2.52. The number of aryl methyl sites for hydroxylation is 2. The molecule has 2 aliphatic heterocycles. The zero-order chi connectivity index (χ0) is 14.7. The average Bonchev–Trinajstić information content (AvgIpc) is 2.86. The summed E-state index contributed by atoms with van der Waals surface area (Å²) in [6.45, 7) is 4.03. The molecule has 0 aliphatic carbocycles. The molecular formula is C16H27N3OS. The van der Waals surface area contributed by atoms with Crippen LogP contribution in [-0.2, 0) is 24.8 Å². The van der Waals surface area contributed by atoms with Gasteiger partial charge in [-0.3, -0.25) is 4.68 Å². The SMILES string of the molecule is CCc1nn(C)cc1CNC1CCOC2(CCSCC2)C1. The van der Waals surface area contributed by atoms with Crippen molar-refractivity contribution in [3.63, 3.8) is 0 Å². The molecule has 2 saturated heterocycles. The third-order valence-corrected chi connectivity index (χ3v) is 5.79. The Labute approximate surface area is 132 Å². The monoisotopic (exact) mass is 309 g/mol. The molecule has 1 atom stereocenters. The van der Waals surface area contributed by atoms with E-state index in [1.807, 2.05) is 11.7 Å². The van der Waals surface area contributed by atoms with Crippen molar-refractivity contribution in [3.8, 4) is 0 Å². The Kier molecular flexibility index (Phi) is 4.92. The summed E-state index contributed by atoms with van der Waals surface area (Å²) in [5, 5.41) is 8.28. The lowest BCUT2D eigenvalue weighted by Gasteiger charge is -2.43. The van der Waals surface area contributed by atoms with Crippen molar-refractivity contribution in [2.75, 3.05) is 18.1 Å². The molecular weight excluding hydrogens is 282 g/mol. The van der Waals surface area contributed by atoms with Crippen LogP contribution in [0, 0.1) is 0 Å². The summed E-state index contributed by atoms with van der Waals surface area (Å²) in [5.41, 5.74) is 2.74. The molecule has 0 radical (unpaired) electrons. The van der Waals surface area contributed by atoms with Crippen LogP contribution in [0.25, 0.3) is 0 Å². The fraction of sp³-hybridized carbons (Fsp3) is 0.812. The molecule has 0 aromatic carbocycles. The molecule has 1 aromatic rings. The van der Waals surface area contributed by atoms with Gasteiger partial charge in [0.25, 0.3) is 0 Å². The Bertz CT molecular complexity index is 463. The summed E-state index contributed by atoms with van der Waals surface area (Å²) >= 11 is 2.07. The van der Waals surface area contributed by atoms with Gasteiger partial charge in [0.05, 0.1) is 11.3 Å². The first-order chi connectivity index (χ1) is 10.2. The fourth-order valence-electron chi connectivity index (χ4n) is 3.58. The van der Waals surface area contributed by atoms with E-state index in [1.54, 1.807) is 0 Å². The van der Waals surface area contributed by atoms with E-state index in [0.29, 0.717) is 6.04 Å². The Morgan fingerprint density at radius 3 is 3.05 bits per heavy atom. The molecule has 2 fully saturated rings. The highest BCUT2D eigenvalue weighted by Crippen LogP contribution is 2.37. The first-order valence-electron chi connectivity index (χ1n) is 8.17. The Morgan fingerprint density at radius 2 is 2.29 bits per heavy atom. The molecule has 118 valence electrons. The van der Waals surface area contributed by atoms with Gasteiger partial charge in [0.15, 0.2) is 0 Å². The zero-order valence-corrected chi connectivity index (χ0v) is 14.0. The second kappa shape index (κ2) is 6.71. The molecule has 1 unspecified atom stereocenters. The van der Waals surface area contributed by atoms with Crippen LogP contribution < -0.4 is 5.32 Å². The van der Waals surface area contributed by atoms with Crippen LogP contribution >= 0.6 is 11.8 Å². The molecule has 1 aromatic heterocycles. The molecule has 3 heterocycles. The summed E-state index contributed by atoms with van der Waals surface area (Å²) in [7, 11) is 2.01. The summed E-state index contributed by atoms with van der Waals surface area (Å²) in [4.78, 5) is 0. The van der Waals surface area contributed by atoms with E-state index in [1.165, 1.54) is 42.0 Å². The largest absolute Gasteiger partial charge is 0.375 e. The predicted molar refractivity (Wildman–Crippen MR) is 87.7 cm³/mol. The number of ether oxygens (including phenoxy) is 1. The highest BCUT2D eigenvalue weighted by Gasteiger charge is 2.38. The lowest BCUT2D eigenvalue weighted by Crippen LogP contribution is -2.48. The summed E-state index contributed by atoms with van der Waals surface area (Å²) in [6.07, 6.45) is 7.92. The van der Waals surface area contributed by atoms with Gasteiger partial charge in [-0.05, 0) is 43.6 Å². The molecule has 2 aliphatic rings. The molecule has 4 nitrogen and oxygen atoms in total. The van der Waals surface area contributed by atoms with E-state index in [9.17, 15) is 0 Å². The van der Waals surface area contributed by atoms with Gasteiger partial charge in [-0.25, -0.2) is 0 Å². The van der Waals surface area contributed by atoms with Gasteiger partial charge in [0.1, 0.15) is 0 Å². The van der Waals surface area contributed by atoms with E-state index in [4.69, 9.17) is 4.74 Å².